The highest BCUT2D eigenvalue weighted by molar-refractivity contribution is 7.99. The lowest BCUT2D eigenvalue weighted by molar-refractivity contribution is 0.102. The number of carbonyl (C=O) groups excluding carboxylic acids is 1. The maximum Gasteiger partial charge on any atom is 0.255 e. The number of nitrogens with zero attached hydrogens (tertiary/aromatic N) is 3. The van der Waals surface area contributed by atoms with Gasteiger partial charge in [0.25, 0.3) is 5.91 Å². The molecular weight excluding hydrogens is 400 g/mol. The molecule has 0 bridgehead atoms. The van der Waals surface area contributed by atoms with Gasteiger partial charge < -0.3 is 19.4 Å². The van der Waals surface area contributed by atoms with Gasteiger partial charge in [0.2, 0.25) is 0 Å². The number of methoxy groups -OCH3 is 1. The third-order valence-corrected chi connectivity index (χ3v) is 5.11. The zero-order chi connectivity index (χ0) is 20.1. The fraction of sp³-hybridized carbons (Fsp3) is 0.211. The Bertz CT molecular complexity index is 976. The van der Waals surface area contributed by atoms with Gasteiger partial charge in [-0.05, 0) is 55.1 Å². The number of rotatable bonds is 7. The van der Waals surface area contributed by atoms with E-state index in [0.717, 1.165) is 10.1 Å². The fourth-order valence-electron chi connectivity index (χ4n) is 2.42. The number of anilines is 1. The number of carbonyl (C=O) groups is 1. The van der Waals surface area contributed by atoms with Crippen LogP contribution in [0.25, 0.3) is 0 Å². The Morgan fingerprint density at radius 3 is 2.64 bits per heavy atom. The highest BCUT2D eigenvalue weighted by Gasteiger charge is 2.16. The minimum atomic E-state index is -0.294. The number of hydrogen-bond donors (Lipinski definition) is 1. The number of nitrogens with one attached hydrogen (secondary N) is 1. The molecule has 0 saturated carbocycles. The van der Waals surface area contributed by atoms with Gasteiger partial charge >= 0.3 is 0 Å². The maximum atomic E-state index is 12.6. The standard InChI is InChI=1S/C19H19ClN4O3S/c1-4-27-17-15(20)9-12(10-16(17)26-3)18(25)22-13-5-7-14(8-6-13)28-19-23-21-11-24(19)2/h5-11H,4H2,1-3H3,(H,22,25). The van der Waals surface area contributed by atoms with Crippen LogP contribution in [0, 0.1) is 0 Å². The first-order valence-electron chi connectivity index (χ1n) is 8.45. The maximum absolute atomic E-state index is 12.6. The number of halogens is 1. The second-order valence-corrected chi connectivity index (χ2v) is 7.18. The van der Waals surface area contributed by atoms with Crippen molar-refractivity contribution in [2.24, 2.45) is 7.05 Å². The van der Waals surface area contributed by atoms with Crippen LogP contribution in [0.15, 0.2) is 52.8 Å². The topological polar surface area (TPSA) is 78.3 Å². The van der Waals surface area contributed by atoms with Crippen LogP contribution in [0.5, 0.6) is 11.5 Å². The van der Waals surface area contributed by atoms with E-state index < -0.39 is 0 Å². The van der Waals surface area contributed by atoms with Gasteiger partial charge in [-0.3, -0.25) is 4.79 Å². The molecule has 2 aromatic carbocycles. The molecule has 0 atom stereocenters. The lowest BCUT2D eigenvalue weighted by atomic mass is 10.1. The van der Waals surface area contributed by atoms with Gasteiger partial charge in [-0.1, -0.05) is 11.6 Å². The first-order valence-corrected chi connectivity index (χ1v) is 9.64. The summed E-state index contributed by atoms with van der Waals surface area (Å²) in [4.78, 5) is 13.6. The molecule has 0 saturated heterocycles. The number of aryl methyl sites for hydroxylation is 1. The van der Waals surface area contributed by atoms with Crippen LogP contribution in [0.3, 0.4) is 0 Å². The monoisotopic (exact) mass is 418 g/mol. The lowest BCUT2D eigenvalue weighted by Crippen LogP contribution is -2.12. The molecule has 146 valence electrons. The van der Waals surface area contributed by atoms with E-state index in [4.69, 9.17) is 21.1 Å². The van der Waals surface area contributed by atoms with Gasteiger partial charge in [0.15, 0.2) is 16.7 Å². The van der Waals surface area contributed by atoms with Gasteiger partial charge in [-0.15, -0.1) is 10.2 Å². The summed E-state index contributed by atoms with van der Waals surface area (Å²) in [6.07, 6.45) is 1.65. The first-order chi connectivity index (χ1) is 13.5. The highest BCUT2D eigenvalue weighted by atomic mass is 35.5. The van der Waals surface area contributed by atoms with E-state index in [1.807, 2.05) is 42.8 Å². The Morgan fingerprint density at radius 2 is 2.04 bits per heavy atom. The van der Waals surface area contributed by atoms with Gasteiger partial charge in [-0.25, -0.2) is 0 Å². The van der Waals surface area contributed by atoms with Gasteiger partial charge in [-0.2, -0.15) is 0 Å². The van der Waals surface area contributed by atoms with Crippen LogP contribution >= 0.6 is 23.4 Å². The average Bonchev–Trinajstić information content (AvgIpc) is 3.09. The van der Waals surface area contributed by atoms with Crippen LogP contribution in [0.4, 0.5) is 5.69 Å². The summed E-state index contributed by atoms with van der Waals surface area (Å²) in [7, 11) is 3.39. The Morgan fingerprint density at radius 1 is 1.29 bits per heavy atom. The molecule has 0 spiro atoms. The fourth-order valence-corrected chi connectivity index (χ4v) is 3.44. The van der Waals surface area contributed by atoms with Crippen LogP contribution < -0.4 is 14.8 Å². The van der Waals surface area contributed by atoms with E-state index >= 15 is 0 Å². The minimum Gasteiger partial charge on any atom is -0.493 e. The van der Waals surface area contributed by atoms with Crippen molar-refractivity contribution in [3.63, 3.8) is 0 Å². The Labute approximate surface area is 172 Å². The Hall–Kier alpha value is -2.71. The molecule has 3 rings (SSSR count). The van der Waals surface area contributed by atoms with Crippen molar-refractivity contribution in [3.8, 4) is 11.5 Å². The molecule has 0 fully saturated rings. The van der Waals surface area contributed by atoms with Crippen molar-refractivity contribution in [1.29, 1.82) is 0 Å². The zero-order valence-electron chi connectivity index (χ0n) is 15.6. The first kappa shape index (κ1) is 20.0. The third-order valence-electron chi connectivity index (χ3n) is 3.77. The van der Waals surface area contributed by atoms with E-state index in [1.54, 1.807) is 18.5 Å². The Kier molecular flexibility index (Phi) is 6.43. The third kappa shape index (κ3) is 4.58. The minimum absolute atomic E-state index is 0.294. The highest BCUT2D eigenvalue weighted by Crippen LogP contribution is 2.36. The molecule has 3 aromatic rings. The number of hydrogen-bond acceptors (Lipinski definition) is 6. The quantitative estimate of drug-likeness (QED) is 0.617. The van der Waals surface area contributed by atoms with E-state index in [-0.39, 0.29) is 5.91 Å². The number of aromatic nitrogens is 3. The molecule has 1 amide bonds. The number of ether oxygens (including phenoxy) is 2. The number of benzene rings is 2. The van der Waals surface area contributed by atoms with E-state index in [1.165, 1.54) is 18.9 Å². The van der Waals surface area contributed by atoms with Crippen LogP contribution in [0.2, 0.25) is 5.02 Å². The molecule has 9 heteroatoms. The van der Waals surface area contributed by atoms with Crippen molar-refractivity contribution in [2.75, 3.05) is 19.0 Å². The summed E-state index contributed by atoms with van der Waals surface area (Å²) in [6.45, 7) is 2.29. The molecule has 1 aromatic heterocycles. The van der Waals surface area contributed by atoms with Gasteiger partial charge in [0.05, 0.1) is 18.7 Å². The van der Waals surface area contributed by atoms with Crippen molar-refractivity contribution >= 4 is 35.0 Å². The van der Waals surface area contributed by atoms with E-state index in [0.29, 0.717) is 34.4 Å². The van der Waals surface area contributed by atoms with E-state index in [2.05, 4.69) is 15.5 Å². The Balaban J connectivity index is 1.72. The molecule has 0 unspecified atom stereocenters. The van der Waals surface area contributed by atoms with Gasteiger partial charge in [0.1, 0.15) is 6.33 Å². The molecule has 0 aliphatic carbocycles. The van der Waals surface area contributed by atoms with Crippen molar-refractivity contribution in [3.05, 3.63) is 53.3 Å². The van der Waals surface area contributed by atoms with E-state index in [9.17, 15) is 4.79 Å². The molecule has 28 heavy (non-hydrogen) atoms. The molecule has 0 aliphatic rings. The molecule has 0 aliphatic heterocycles. The second kappa shape index (κ2) is 8.99. The molecule has 0 radical (unpaired) electrons. The smallest absolute Gasteiger partial charge is 0.255 e. The predicted molar refractivity (Wildman–Crippen MR) is 109 cm³/mol. The van der Waals surface area contributed by atoms with Crippen molar-refractivity contribution in [1.82, 2.24) is 14.8 Å². The zero-order valence-corrected chi connectivity index (χ0v) is 17.2. The SMILES string of the molecule is CCOc1c(Cl)cc(C(=O)Nc2ccc(Sc3nncn3C)cc2)cc1OC. The molecular formula is C19H19ClN4O3S. The summed E-state index contributed by atoms with van der Waals surface area (Å²) in [5.74, 6) is 0.542. The normalized spacial score (nSPS) is 10.6. The number of amides is 1. The summed E-state index contributed by atoms with van der Waals surface area (Å²) in [6, 6.07) is 10.6. The average molecular weight is 419 g/mol. The molecule has 7 nitrogen and oxygen atoms in total. The van der Waals surface area contributed by atoms with Crippen molar-refractivity contribution < 1.29 is 14.3 Å². The van der Waals surface area contributed by atoms with Gasteiger partial charge in [0, 0.05) is 23.2 Å². The lowest BCUT2D eigenvalue weighted by Gasteiger charge is -2.13. The second-order valence-electron chi connectivity index (χ2n) is 5.73. The van der Waals surface area contributed by atoms with Crippen LogP contribution in [-0.2, 0) is 7.05 Å². The van der Waals surface area contributed by atoms with Crippen molar-refractivity contribution in [2.45, 2.75) is 17.0 Å². The molecule has 1 heterocycles. The largest absolute Gasteiger partial charge is 0.493 e. The molecule has 1 N–H and O–H groups in total. The van der Waals surface area contributed by atoms with Crippen LogP contribution in [-0.4, -0.2) is 34.4 Å². The summed E-state index contributed by atoms with van der Waals surface area (Å²) in [5.41, 5.74) is 1.04. The summed E-state index contributed by atoms with van der Waals surface area (Å²) >= 11 is 7.73. The predicted octanol–water partition coefficient (Wildman–Crippen LogP) is 4.28. The summed E-state index contributed by atoms with van der Waals surface area (Å²) < 4.78 is 12.6. The van der Waals surface area contributed by atoms with Crippen LogP contribution in [0.1, 0.15) is 17.3 Å². The summed E-state index contributed by atoms with van der Waals surface area (Å²) in [5, 5.41) is 11.8.